The van der Waals surface area contributed by atoms with Crippen molar-refractivity contribution in [1.82, 2.24) is 20.0 Å². The van der Waals surface area contributed by atoms with Gasteiger partial charge in [0.2, 0.25) is 11.8 Å². The number of amides is 2. The van der Waals surface area contributed by atoms with Crippen molar-refractivity contribution in [3.63, 3.8) is 0 Å². The highest BCUT2D eigenvalue weighted by Crippen LogP contribution is 2.19. The fourth-order valence-corrected chi connectivity index (χ4v) is 3.79. The van der Waals surface area contributed by atoms with Crippen LogP contribution in [0.3, 0.4) is 0 Å². The number of hydrogen-bond donors (Lipinski definition) is 1. The molecule has 0 aromatic carbocycles. The normalized spacial score (nSPS) is 22.2. The predicted molar refractivity (Wildman–Crippen MR) is 85.6 cm³/mol. The van der Waals surface area contributed by atoms with Gasteiger partial charge < -0.3 is 15.1 Å². The molecule has 0 unspecified atom stereocenters. The van der Waals surface area contributed by atoms with Crippen LogP contribution < -0.4 is 10.2 Å². The van der Waals surface area contributed by atoms with Gasteiger partial charge in [-0.3, -0.25) is 14.3 Å². The van der Waals surface area contributed by atoms with E-state index in [1.165, 1.54) is 0 Å². The first kappa shape index (κ1) is 15.2. The van der Waals surface area contributed by atoms with Crippen molar-refractivity contribution in [2.75, 3.05) is 36.2 Å². The third-order valence-corrected chi connectivity index (χ3v) is 4.95. The Labute approximate surface area is 134 Å². The van der Waals surface area contributed by atoms with Gasteiger partial charge in [-0.25, -0.2) is 0 Å². The molecule has 3 heterocycles. The molecule has 1 N–H and O–H groups in total. The number of carbonyl (C=O) groups excluding carboxylic acids is 2. The van der Waals surface area contributed by atoms with E-state index < -0.39 is 0 Å². The molecule has 0 aliphatic carbocycles. The van der Waals surface area contributed by atoms with Crippen molar-refractivity contribution in [3.8, 4) is 0 Å². The molecular formula is C14H21N5O2S. The fourth-order valence-electron chi connectivity index (χ4n) is 2.89. The van der Waals surface area contributed by atoms with E-state index in [9.17, 15) is 9.59 Å². The molecule has 2 fully saturated rings. The highest BCUT2D eigenvalue weighted by atomic mass is 32.2. The number of aromatic nitrogens is 2. The summed E-state index contributed by atoms with van der Waals surface area (Å²) >= 11 is 1.56. The Bertz CT molecular complexity index is 561. The van der Waals surface area contributed by atoms with Crippen molar-refractivity contribution >= 4 is 29.3 Å². The van der Waals surface area contributed by atoms with Gasteiger partial charge >= 0.3 is 0 Å². The smallest absolute Gasteiger partial charge is 0.239 e. The molecule has 2 aliphatic rings. The Morgan fingerprint density at radius 1 is 1.55 bits per heavy atom. The van der Waals surface area contributed by atoms with Gasteiger partial charge in [0.25, 0.3) is 0 Å². The predicted octanol–water partition coefficient (Wildman–Crippen LogP) is 0.0380. The number of thioether (sulfide) groups is 1. The van der Waals surface area contributed by atoms with Crippen LogP contribution in [0.25, 0.3) is 0 Å². The Morgan fingerprint density at radius 2 is 2.41 bits per heavy atom. The minimum Gasteiger partial charge on any atom is -0.367 e. The van der Waals surface area contributed by atoms with Gasteiger partial charge in [0.05, 0.1) is 23.5 Å². The maximum Gasteiger partial charge on any atom is 0.239 e. The average molecular weight is 323 g/mol. The Balaban J connectivity index is 1.51. The summed E-state index contributed by atoms with van der Waals surface area (Å²) in [6, 6.07) is 0.131. The number of hydrogen-bond acceptors (Lipinski definition) is 5. The standard InChI is InChI=1S/C14H21N5O2S/c1-17-7-12(5-15-17)18-4-2-3-11(6-18)16-13(20)8-19-10-22-9-14(19)21/h5,7,11H,2-4,6,8-10H2,1H3,(H,16,20)/t11-/m1/s1. The van der Waals surface area contributed by atoms with Crippen molar-refractivity contribution in [2.45, 2.75) is 18.9 Å². The topological polar surface area (TPSA) is 70.5 Å². The second kappa shape index (κ2) is 6.60. The first-order chi connectivity index (χ1) is 10.6. The van der Waals surface area contributed by atoms with Crippen molar-refractivity contribution in [1.29, 1.82) is 0 Å². The number of rotatable bonds is 4. The third-order valence-electron chi connectivity index (χ3n) is 4.00. The lowest BCUT2D eigenvalue weighted by atomic mass is 10.1. The van der Waals surface area contributed by atoms with E-state index in [0.717, 1.165) is 31.6 Å². The zero-order valence-corrected chi connectivity index (χ0v) is 13.5. The van der Waals surface area contributed by atoms with Gasteiger partial charge in [-0.1, -0.05) is 0 Å². The number of aryl methyl sites for hydroxylation is 1. The van der Waals surface area contributed by atoms with E-state index in [1.54, 1.807) is 21.3 Å². The van der Waals surface area contributed by atoms with E-state index in [1.807, 2.05) is 19.4 Å². The second-order valence-electron chi connectivity index (χ2n) is 5.79. The first-order valence-corrected chi connectivity index (χ1v) is 8.66. The summed E-state index contributed by atoms with van der Waals surface area (Å²) in [7, 11) is 1.90. The van der Waals surface area contributed by atoms with E-state index in [4.69, 9.17) is 0 Å². The van der Waals surface area contributed by atoms with E-state index in [2.05, 4.69) is 15.3 Å². The van der Waals surface area contributed by atoms with Crippen LogP contribution >= 0.6 is 11.8 Å². The zero-order chi connectivity index (χ0) is 15.5. The Hall–Kier alpha value is -1.70. The summed E-state index contributed by atoms with van der Waals surface area (Å²) < 4.78 is 1.79. The summed E-state index contributed by atoms with van der Waals surface area (Å²) in [4.78, 5) is 27.5. The lowest BCUT2D eigenvalue weighted by Gasteiger charge is -2.34. The minimum atomic E-state index is -0.0612. The maximum absolute atomic E-state index is 12.1. The van der Waals surface area contributed by atoms with Gasteiger partial charge in [0.1, 0.15) is 6.54 Å². The molecule has 8 heteroatoms. The maximum atomic E-state index is 12.1. The van der Waals surface area contributed by atoms with E-state index >= 15 is 0 Å². The summed E-state index contributed by atoms with van der Waals surface area (Å²) in [5, 5.41) is 7.26. The lowest BCUT2D eigenvalue weighted by Crippen LogP contribution is -2.50. The monoisotopic (exact) mass is 323 g/mol. The molecule has 22 heavy (non-hydrogen) atoms. The molecule has 1 aromatic heterocycles. The molecule has 3 rings (SSSR count). The lowest BCUT2D eigenvalue weighted by molar-refractivity contribution is -0.132. The molecule has 0 saturated carbocycles. The summed E-state index contributed by atoms with van der Waals surface area (Å²) in [6.07, 6.45) is 5.86. The second-order valence-corrected chi connectivity index (χ2v) is 6.75. The minimum absolute atomic E-state index is 0.0563. The van der Waals surface area contributed by atoms with E-state index in [0.29, 0.717) is 11.6 Å². The fraction of sp³-hybridized carbons (Fsp3) is 0.643. The van der Waals surface area contributed by atoms with Gasteiger partial charge in [-0.05, 0) is 12.8 Å². The Morgan fingerprint density at radius 3 is 3.09 bits per heavy atom. The highest BCUT2D eigenvalue weighted by molar-refractivity contribution is 8.00. The number of piperidine rings is 1. The molecule has 0 spiro atoms. The Kier molecular flexibility index (Phi) is 4.56. The average Bonchev–Trinajstić information content (AvgIpc) is 3.09. The number of carbonyl (C=O) groups is 2. The van der Waals surface area contributed by atoms with Crippen molar-refractivity contribution in [3.05, 3.63) is 12.4 Å². The van der Waals surface area contributed by atoms with Gasteiger partial charge in [-0.2, -0.15) is 5.10 Å². The van der Waals surface area contributed by atoms with Crippen LogP contribution in [0.5, 0.6) is 0 Å². The molecule has 0 radical (unpaired) electrons. The van der Waals surface area contributed by atoms with Crippen LogP contribution in [0, 0.1) is 0 Å². The van der Waals surface area contributed by atoms with Crippen LogP contribution in [0.4, 0.5) is 5.69 Å². The van der Waals surface area contributed by atoms with Crippen molar-refractivity contribution < 1.29 is 9.59 Å². The largest absolute Gasteiger partial charge is 0.367 e. The summed E-state index contributed by atoms with van der Waals surface area (Å²) in [6.45, 7) is 1.95. The molecule has 1 atom stereocenters. The van der Waals surface area contributed by atoms with Crippen LogP contribution in [-0.2, 0) is 16.6 Å². The van der Waals surface area contributed by atoms with Gasteiger partial charge in [0, 0.05) is 32.4 Å². The van der Waals surface area contributed by atoms with Crippen LogP contribution in [0.15, 0.2) is 12.4 Å². The number of nitrogens with one attached hydrogen (secondary N) is 1. The van der Waals surface area contributed by atoms with Gasteiger partial charge in [-0.15, -0.1) is 11.8 Å². The number of nitrogens with zero attached hydrogens (tertiary/aromatic N) is 4. The molecule has 7 nitrogen and oxygen atoms in total. The molecule has 2 aliphatic heterocycles. The van der Waals surface area contributed by atoms with Crippen LogP contribution in [0.1, 0.15) is 12.8 Å². The molecule has 120 valence electrons. The van der Waals surface area contributed by atoms with Gasteiger partial charge in [0.15, 0.2) is 0 Å². The molecule has 0 bridgehead atoms. The number of anilines is 1. The highest BCUT2D eigenvalue weighted by Gasteiger charge is 2.26. The van der Waals surface area contributed by atoms with Crippen LogP contribution in [-0.4, -0.2) is 63.8 Å². The molecular weight excluding hydrogens is 302 g/mol. The van der Waals surface area contributed by atoms with Crippen LogP contribution in [0.2, 0.25) is 0 Å². The molecule has 2 saturated heterocycles. The summed E-state index contributed by atoms with van der Waals surface area (Å²) in [5.41, 5.74) is 1.09. The molecule has 2 amide bonds. The van der Waals surface area contributed by atoms with Crippen molar-refractivity contribution in [2.24, 2.45) is 7.05 Å². The summed E-state index contributed by atoms with van der Waals surface area (Å²) in [5.74, 6) is 1.11. The molecule has 1 aromatic rings. The third kappa shape index (κ3) is 3.55. The quantitative estimate of drug-likeness (QED) is 0.847. The SMILES string of the molecule is Cn1cc(N2CCC[C@@H](NC(=O)CN3CSCC3=O)C2)cn1. The first-order valence-electron chi connectivity index (χ1n) is 7.50. The zero-order valence-electron chi connectivity index (χ0n) is 12.7. The van der Waals surface area contributed by atoms with E-state index in [-0.39, 0.29) is 24.4 Å².